The predicted molar refractivity (Wildman–Crippen MR) is 246 cm³/mol. The van der Waals surface area contributed by atoms with Gasteiger partial charge in [-0.05, 0) is 131 Å². The van der Waals surface area contributed by atoms with Crippen LogP contribution < -0.4 is 31.9 Å². The van der Waals surface area contributed by atoms with Crippen molar-refractivity contribution in [1.29, 1.82) is 0 Å². The molecule has 0 unspecified atom stereocenters. The fourth-order valence-electron chi connectivity index (χ4n) is 5.94. The maximum absolute atomic E-state index is 4.56. The summed E-state index contributed by atoms with van der Waals surface area (Å²) in [5.74, 6) is 2.75. The van der Waals surface area contributed by atoms with Gasteiger partial charge >= 0.3 is 0 Å². The van der Waals surface area contributed by atoms with Gasteiger partial charge in [0.2, 0.25) is 35.7 Å². The van der Waals surface area contributed by atoms with Crippen LogP contribution in [0.1, 0.15) is 33.4 Å². The third-order valence-electron chi connectivity index (χ3n) is 9.02. The maximum Gasteiger partial charge on any atom is 0.233 e. The van der Waals surface area contributed by atoms with E-state index in [2.05, 4.69) is 82.6 Å². The molecule has 60 heavy (non-hydrogen) atoms. The minimum atomic E-state index is 0.457. The SMILES string of the molecule is Cc1ccc(Nc2nc(Nc3ccc(C)cc3)nc(Nc3ccc(C)cc3)n2)cc1.Cc1cccc(Nc2nc(Nc3cccc(C)c3)nc(Nc3cccc(C)c3)n2)c1. The Labute approximate surface area is 351 Å². The molecule has 2 heterocycles. The third-order valence-corrected chi connectivity index (χ3v) is 9.02. The molecule has 12 nitrogen and oxygen atoms in total. The van der Waals surface area contributed by atoms with E-state index in [1.807, 2.05) is 166 Å². The molecule has 300 valence electrons. The summed E-state index contributed by atoms with van der Waals surface area (Å²) < 4.78 is 0. The number of anilines is 12. The summed E-state index contributed by atoms with van der Waals surface area (Å²) in [4.78, 5) is 27.3. The first kappa shape index (κ1) is 40.3. The van der Waals surface area contributed by atoms with E-state index in [9.17, 15) is 0 Å². The molecule has 8 aromatic rings. The second kappa shape index (κ2) is 19.1. The van der Waals surface area contributed by atoms with E-state index in [4.69, 9.17) is 0 Å². The Morgan fingerprint density at radius 3 is 0.667 bits per heavy atom. The zero-order chi connectivity index (χ0) is 41.8. The van der Waals surface area contributed by atoms with Crippen LogP contribution in [-0.4, -0.2) is 29.9 Å². The Kier molecular flexibility index (Phi) is 12.8. The van der Waals surface area contributed by atoms with Crippen LogP contribution in [0.15, 0.2) is 146 Å². The summed E-state index contributed by atoms with van der Waals surface area (Å²) in [6.07, 6.45) is 0. The van der Waals surface area contributed by atoms with Gasteiger partial charge in [0, 0.05) is 34.1 Å². The van der Waals surface area contributed by atoms with Gasteiger partial charge in [0.25, 0.3) is 0 Å². The van der Waals surface area contributed by atoms with Crippen molar-refractivity contribution < 1.29 is 0 Å². The molecule has 0 fully saturated rings. The predicted octanol–water partition coefficient (Wildman–Crippen LogP) is 12.1. The lowest BCUT2D eigenvalue weighted by Gasteiger charge is -2.12. The molecule has 0 saturated heterocycles. The molecule has 8 rings (SSSR count). The summed E-state index contributed by atoms with van der Waals surface area (Å²) in [6.45, 7) is 12.3. The summed E-state index contributed by atoms with van der Waals surface area (Å²) in [7, 11) is 0. The van der Waals surface area contributed by atoms with Gasteiger partial charge in [-0.3, -0.25) is 0 Å². The third kappa shape index (κ3) is 12.1. The van der Waals surface area contributed by atoms with Crippen LogP contribution >= 0.6 is 0 Å². The van der Waals surface area contributed by atoms with E-state index in [1.54, 1.807) is 0 Å². The fraction of sp³-hybridized carbons (Fsp3) is 0.125. The van der Waals surface area contributed by atoms with E-state index >= 15 is 0 Å². The van der Waals surface area contributed by atoms with Crippen molar-refractivity contribution >= 4 is 69.8 Å². The Bertz CT molecular complexity index is 2350. The Morgan fingerprint density at radius 2 is 0.450 bits per heavy atom. The molecule has 0 atom stereocenters. The van der Waals surface area contributed by atoms with Crippen molar-refractivity contribution in [1.82, 2.24) is 29.9 Å². The first-order chi connectivity index (χ1) is 29.1. The van der Waals surface area contributed by atoms with E-state index in [0.29, 0.717) is 35.7 Å². The molecule has 0 bridgehead atoms. The Morgan fingerprint density at radius 1 is 0.233 bits per heavy atom. The summed E-state index contributed by atoms with van der Waals surface area (Å²) in [5, 5.41) is 19.6. The van der Waals surface area contributed by atoms with Crippen molar-refractivity contribution in [2.24, 2.45) is 0 Å². The summed E-state index contributed by atoms with van der Waals surface area (Å²) >= 11 is 0. The average molecular weight is 793 g/mol. The Balaban J connectivity index is 0.000000181. The number of aromatic nitrogens is 6. The first-order valence-electron chi connectivity index (χ1n) is 19.6. The zero-order valence-corrected chi connectivity index (χ0v) is 34.5. The molecule has 6 N–H and O–H groups in total. The van der Waals surface area contributed by atoms with Crippen molar-refractivity contribution in [3.63, 3.8) is 0 Å². The number of nitrogens with one attached hydrogen (secondary N) is 6. The van der Waals surface area contributed by atoms with E-state index in [1.165, 1.54) is 16.7 Å². The van der Waals surface area contributed by atoms with Crippen molar-refractivity contribution in [3.8, 4) is 0 Å². The second-order valence-corrected chi connectivity index (χ2v) is 14.6. The highest BCUT2D eigenvalue weighted by molar-refractivity contribution is 5.64. The summed E-state index contributed by atoms with van der Waals surface area (Å²) in [5.41, 5.74) is 12.6. The second-order valence-electron chi connectivity index (χ2n) is 14.6. The molecule has 0 aliphatic rings. The Hall–Kier alpha value is -7.86. The average Bonchev–Trinajstić information content (AvgIpc) is 3.21. The van der Waals surface area contributed by atoms with Gasteiger partial charge < -0.3 is 31.9 Å². The standard InChI is InChI=1S/2C24H24N6/c1-16-4-10-19(11-5-16)25-22-28-23(26-20-12-6-17(2)7-13-20)30-24(29-22)27-21-14-8-18(3)9-15-21;1-16-7-4-10-19(13-16)25-22-28-23(26-20-11-5-8-17(2)14-20)30-24(29-22)27-21-12-6-9-18(3)15-21/h2*4-15H,1-3H3,(H3,25,26,27,28,29,30). The van der Waals surface area contributed by atoms with Crippen molar-refractivity contribution in [3.05, 3.63) is 179 Å². The first-order valence-corrected chi connectivity index (χ1v) is 19.6. The smallest absolute Gasteiger partial charge is 0.233 e. The monoisotopic (exact) mass is 792 g/mol. The van der Waals surface area contributed by atoms with E-state index < -0.39 is 0 Å². The molecule has 0 saturated carbocycles. The lowest BCUT2D eigenvalue weighted by Crippen LogP contribution is -2.07. The van der Waals surface area contributed by atoms with Crippen LogP contribution in [0.5, 0.6) is 0 Å². The van der Waals surface area contributed by atoms with Crippen molar-refractivity contribution in [2.45, 2.75) is 41.5 Å². The van der Waals surface area contributed by atoms with Crippen LogP contribution in [0.4, 0.5) is 69.8 Å². The number of benzene rings is 6. The van der Waals surface area contributed by atoms with Crippen molar-refractivity contribution in [2.75, 3.05) is 31.9 Å². The van der Waals surface area contributed by atoms with Gasteiger partial charge in [-0.1, -0.05) is 89.5 Å². The molecular weight excluding hydrogens is 745 g/mol. The number of hydrogen-bond acceptors (Lipinski definition) is 12. The van der Waals surface area contributed by atoms with Crippen LogP contribution in [-0.2, 0) is 0 Å². The highest BCUT2D eigenvalue weighted by Crippen LogP contribution is 2.24. The van der Waals surface area contributed by atoms with Gasteiger partial charge in [-0.25, -0.2) is 0 Å². The molecular formula is C48H48N12. The molecule has 0 radical (unpaired) electrons. The van der Waals surface area contributed by atoms with Crippen LogP contribution in [0, 0.1) is 41.5 Å². The summed E-state index contributed by atoms with van der Waals surface area (Å²) in [6, 6.07) is 48.5. The van der Waals surface area contributed by atoms with Gasteiger partial charge in [0.1, 0.15) is 0 Å². The molecule has 0 spiro atoms. The minimum Gasteiger partial charge on any atom is -0.324 e. The van der Waals surface area contributed by atoms with Crippen LogP contribution in [0.3, 0.4) is 0 Å². The molecule has 0 aliphatic carbocycles. The lowest BCUT2D eigenvalue weighted by molar-refractivity contribution is 1.06. The minimum absolute atomic E-state index is 0.457. The lowest BCUT2D eigenvalue weighted by atomic mass is 10.2. The topological polar surface area (TPSA) is 150 Å². The van der Waals surface area contributed by atoms with Gasteiger partial charge in [-0.2, -0.15) is 29.9 Å². The normalized spacial score (nSPS) is 10.5. The molecule has 2 aromatic heterocycles. The zero-order valence-electron chi connectivity index (χ0n) is 34.5. The molecule has 6 aromatic carbocycles. The van der Waals surface area contributed by atoms with E-state index in [0.717, 1.165) is 50.8 Å². The van der Waals surface area contributed by atoms with Crippen LogP contribution in [0.25, 0.3) is 0 Å². The maximum atomic E-state index is 4.56. The highest BCUT2D eigenvalue weighted by atomic mass is 15.3. The number of rotatable bonds is 12. The number of aryl methyl sites for hydroxylation is 6. The van der Waals surface area contributed by atoms with E-state index in [-0.39, 0.29) is 0 Å². The molecule has 0 aliphatic heterocycles. The number of nitrogens with zero attached hydrogens (tertiary/aromatic N) is 6. The van der Waals surface area contributed by atoms with Crippen LogP contribution in [0.2, 0.25) is 0 Å². The fourth-order valence-corrected chi connectivity index (χ4v) is 5.94. The number of hydrogen-bond donors (Lipinski definition) is 6. The molecule has 0 amide bonds. The quantitative estimate of drug-likeness (QED) is 0.0699. The highest BCUT2D eigenvalue weighted by Gasteiger charge is 2.11. The molecule has 12 heteroatoms. The largest absolute Gasteiger partial charge is 0.324 e. The van der Waals surface area contributed by atoms with Gasteiger partial charge in [-0.15, -0.1) is 0 Å². The van der Waals surface area contributed by atoms with Gasteiger partial charge in [0.15, 0.2) is 0 Å². The van der Waals surface area contributed by atoms with Gasteiger partial charge in [0.05, 0.1) is 0 Å².